The molecule has 0 amide bonds. The molecule has 0 aromatic heterocycles. The molecule has 0 aliphatic carbocycles. The Balaban J connectivity index is 2.48. The highest BCUT2D eigenvalue weighted by molar-refractivity contribution is 7.89. The van der Waals surface area contributed by atoms with Gasteiger partial charge >= 0.3 is 0 Å². The summed E-state index contributed by atoms with van der Waals surface area (Å²) in [5.41, 5.74) is 1.28. The monoisotopic (exact) mass is 251 g/mol. The third kappa shape index (κ3) is 4.13. The second-order valence-corrected chi connectivity index (χ2v) is 6.34. The molecule has 0 atom stereocenters. The molecular weight excluding hydrogens is 234 g/mol. The summed E-state index contributed by atoms with van der Waals surface area (Å²) < 4.78 is 25.2. The van der Waals surface area contributed by atoms with Crippen molar-refractivity contribution in [2.24, 2.45) is 0 Å². The van der Waals surface area contributed by atoms with Crippen molar-refractivity contribution in [3.63, 3.8) is 0 Å². The molecule has 88 valence electrons. The smallest absolute Gasteiger partial charge is 0.212 e. The van der Waals surface area contributed by atoms with Gasteiger partial charge in [0, 0.05) is 19.0 Å². The molecule has 0 N–H and O–H groups in total. The van der Waals surface area contributed by atoms with E-state index < -0.39 is 10.0 Å². The Labute approximate surface area is 97.2 Å². The third-order valence-corrected chi connectivity index (χ3v) is 4.77. The van der Waals surface area contributed by atoms with E-state index in [0.717, 1.165) is 12.8 Å². The van der Waals surface area contributed by atoms with Crippen molar-refractivity contribution in [2.75, 3.05) is 24.7 Å². The molecule has 1 aliphatic heterocycles. The van der Waals surface area contributed by atoms with E-state index in [2.05, 4.69) is 0 Å². The van der Waals surface area contributed by atoms with Gasteiger partial charge in [-0.3, -0.25) is 0 Å². The van der Waals surface area contributed by atoms with Crippen molar-refractivity contribution in [1.29, 1.82) is 0 Å². The second kappa shape index (κ2) is 5.87. The Morgan fingerprint density at radius 2 is 2.20 bits per heavy atom. The Hall–Kier alpha value is -0.0600. The molecule has 1 rings (SSSR count). The summed E-state index contributed by atoms with van der Waals surface area (Å²) in [5.74, 6) is 0.765. The maximum absolute atomic E-state index is 11.8. The van der Waals surface area contributed by atoms with Crippen molar-refractivity contribution < 1.29 is 8.42 Å². The zero-order valence-electron chi connectivity index (χ0n) is 9.08. The van der Waals surface area contributed by atoms with Crippen molar-refractivity contribution in [2.45, 2.75) is 26.2 Å². The molecule has 1 aliphatic rings. The number of hydrogen-bond acceptors (Lipinski definition) is 2. The normalized spacial score (nSPS) is 18.9. The van der Waals surface area contributed by atoms with E-state index in [4.69, 9.17) is 11.6 Å². The topological polar surface area (TPSA) is 37.4 Å². The molecule has 0 saturated heterocycles. The summed E-state index contributed by atoms with van der Waals surface area (Å²) in [5, 5.41) is 0. The molecule has 3 nitrogen and oxygen atoms in total. The number of hydrogen-bond donors (Lipinski definition) is 0. The quantitative estimate of drug-likeness (QED) is 0.426. The van der Waals surface area contributed by atoms with Crippen LogP contribution < -0.4 is 0 Å². The highest BCUT2D eigenvalue weighted by Crippen LogP contribution is 2.14. The molecule has 0 fully saturated rings. The van der Waals surface area contributed by atoms with Gasteiger partial charge in [0.15, 0.2) is 0 Å². The number of alkyl halides is 1. The highest BCUT2D eigenvalue weighted by Gasteiger charge is 2.22. The maximum Gasteiger partial charge on any atom is 0.214 e. The lowest BCUT2D eigenvalue weighted by molar-refractivity contribution is 0.430. The SMILES string of the molecule is CC1=CCN(S(=O)(=O)CCCCCl)CC1. The fraction of sp³-hybridized carbons (Fsp3) is 0.800. The molecule has 0 spiro atoms. The Morgan fingerprint density at radius 1 is 1.47 bits per heavy atom. The van der Waals surface area contributed by atoms with Crippen LogP contribution in [-0.2, 0) is 10.0 Å². The molecular formula is C10H18ClNO2S. The number of halogens is 1. The lowest BCUT2D eigenvalue weighted by atomic mass is 10.1. The zero-order chi connectivity index (χ0) is 11.3. The van der Waals surface area contributed by atoms with Crippen LogP contribution in [0.4, 0.5) is 0 Å². The van der Waals surface area contributed by atoms with Gasteiger partial charge in [0.05, 0.1) is 5.75 Å². The van der Waals surface area contributed by atoms with E-state index in [1.807, 2.05) is 13.0 Å². The predicted octanol–water partition coefficient (Wildman–Crippen LogP) is 1.99. The van der Waals surface area contributed by atoms with Crippen LogP contribution >= 0.6 is 11.6 Å². The molecule has 1 heterocycles. The first-order valence-electron chi connectivity index (χ1n) is 5.25. The Morgan fingerprint density at radius 3 is 2.73 bits per heavy atom. The zero-order valence-corrected chi connectivity index (χ0v) is 10.6. The highest BCUT2D eigenvalue weighted by atomic mass is 35.5. The van der Waals surface area contributed by atoms with Gasteiger partial charge < -0.3 is 0 Å². The number of nitrogens with zero attached hydrogens (tertiary/aromatic N) is 1. The van der Waals surface area contributed by atoms with Gasteiger partial charge in [-0.15, -0.1) is 11.6 Å². The lowest BCUT2D eigenvalue weighted by Gasteiger charge is -2.24. The minimum absolute atomic E-state index is 0.229. The standard InChI is InChI=1S/C10H18ClNO2S/c1-10-4-7-12(8-5-10)15(13,14)9-3-2-6-11/h4H,2-3,5-9H2,1H3. The molecule has 0 bridgehead atoms. The van der Waals surface area contributed by atoms with Crippen LogP contribution in [0.3, 0.4) is 0 Å². The summed E-state index contributed by atoms with van der Waals surface area (Å²) in [6.45, 7) is 3.21. The van der Waals surface area contributed by atoms with Crippen LogP contribution in [0.2, 0.25) is 0 Å². The molecule has 0 aromatic carbocycles. The van der Waals surface area contributed by atoms with Crippen molar-refractivity contribution in [1.82, 2.24) is 4.31 Å². The van der Waals surface area contributed by atoms with Crippen LogP contribution in [0.25, 0.3) is 0 Å². The molecule has 15 heavy (non-hydrogen) atoms. The van der Waals surface area contributed by atoms with Gasteiger partial charge in [0.25, 0.3) is 0 Å². The van der Waals surface area contributed by atoms with Crippen molar-refractivity contribution in [3.05, 3.63) is 11.6 Å². The van der Waals surface area contributed by atoms with Gasteiger partial charge in [-0.25, -0.2) is 8.42 Å². The Bertz CT molecular complexity index is 324. The summed E-state index contributed by atoms with van der Waals surface area (Å²) in [4.78, 5) is 0. The number of sulfonamides is 1. The van der Waals surface area contributed by atoms with Gasteiger partial charge in [0.2, 0.25) is 10.0 Å². The average molecular weight is 252 g/mol. The molecule has 0 radical (unpaired) electrons. The predicted molar refractivity (Wildman–Crippen MR) is 63.7 cm³/mol. The van der Waals surface area contributed by atoms with Gasteiger partial charge in [-0.2, -0.15) is 4.31 Å². The first-order chi connectivity index (χ1) is 7.06. The van der Waals surface area contributed by atoms with Crippen LogP contribution in [-0.4, -0.2) is 37.4 Å². The van der Waals surface area contributed by atoms with Gasteiger partial charge in [-0.05, 0) is 26.2 Å². The van der Waals surface area contributed by atoms with Crippen LogP contribution in [0.1, 0.15) is 26.2 Å². The van der Waals surface area contributed by atoms with Crippen LogP contribution in [0.15, 0.2) is 11.6 Å². The first kappa shape index (κ1) is 13.0. The average Bonchev–Trinajstić information content (AvgIpc) is 2.18. The Kier molecular flexibility index (Phi) is 5.09. The third-order valence-electron chi connectivity index (χ3n) is 2.58. The summed E-state index contributed by atoms with van der Waals surface area (Å²) in [6, 6.07) is 0. The molecule has 5 heteroatoms. The van der Waals surface area contributed by atoms with Crippen LogP contribution in [0.5, 0.6) is 0 Å². The van der Waals surface area contributed by atoms with Crippen molar-refractivity contribution >= 4 is 21.6 Å². The van der Waals surface area contributed by atoms with Crippen molar-refractivity contribution in [3.8, 4) is 0 Å². The first-order valence-corrected chi connectivity index (χ1v) is 7.40. The largest absolute Gasteiger partial charge is 0.214 e. The summed E-state index contributed by atoms with van der Waals surface area (Å²) >= 11 is 5.52. The summed E-state index contributed by atoms with van der Waals surface area (Å²) in [6.07, 6.45) is 4.27. The minimum Gasteiger partial charge on any atom is -0.212 e. The molecule has 0 saturated carbocycles. The van der Waals surface area contributed by atoms with E-state index in [1.54, 1.807) is 4.31 Å². The molecule has 0 unspecified atom stereocenters. The van der Waals surface area contributed by atoms with E-state index in [9.17, 15) is 8.42 Å². The van der Waals surface area contributed by atoms with E-state index in [0.29, 0.717) is 25.4 Å². The van der Waals surface area contributed by atoms with E-state index in [-0.39, 0.29) is 5.75 Å². The number of unbranched alkanes of at least 4 members (excludes halogenated alkanes) is 1. The van der Waals surface area contributed by atoms with E-state index >= 15 is 0 Å². The van der Waals surface area contributed by atoms with Gasteiger partial charge in [-0.1, -0.05) is 11.6 Å². The fourth-order valence-electron chi connectivity index (χ4n) is 1.51. The van der Waals surface area contributed by atoms with Gasteiger partial charge in [0.1, 0.15) is 0 Å². The minimum atomic E-state index is -3.05. The fourth-order valence-corrected chi connectivity index (χ4v) is 3.20. The molecule has 0 aromatic rings. The lowest BCUT2D eigenvalue weighted by Crippen LogP contribution is -2.36. The van der Waals surface area contributed by atoms with E-state index in [1.165, 1.54) is 5.57 Å². The maximum atomic E-state index is 11.8. The second-order valence-electron chi connectivity index (χ2n) is 3.87. The van der Waals surface area contributed by atoms with Crippen LogP contribution in [0, 0.1) is 0 Å². The summed E-state index contributed by atoms with van der Waals surface area (Å²) in [7, 11) is -3.05. The number of rotatable bonds is 5.